The highest BCUT2D eigenvalue weighted by molar-refractivity contribution is 6.30. The van der Waals surface area contributed by atoms with Gasteiger partial charge in [0.25, 0.3) is 0 Å². The largest absolute Gasteiger partial charge is 0.352 e. The van der Waals surface area contributed by atoms with Gasteiger partial charge in [-0.15, -0.1) is 0 Å². The molecule has 0 unspecified atom stereocenters. The summed E-state index contributed by atoms with van der Waals surface area (Å²) in [6, 6.07) is 0. The predicted octanol–water partition coefficient (Wildman–Crippen LogP) is 1.57. The predicted molar refractivity (Wildman–Crippen MR) is 78.7 cm³/mol. The molecule has 1 aromatic heterocycles. The van der Waals surface area contributed by atoms with E-state index >= 15 is 0 Å². The standard InChI is InChI=1S/C13H22ClN5/c1-18(2)13(4-6-19(3)7-5-13)10-17-12-15-8-11(14)9-16-12/h8-9H,4-7,10H2,1-3H3,(H,15,16,17). The number of hydrogen-bond acceptors (Lipinski definition) is 5. The van der Waals surface area contributed by atoms with E-state index in [1.165, 1.54) is 0 Å². The third-order valence-corrected chi connectivity index (χ3v) is 4.26. The summed E-state index contributed by atoms with van der Waals surface area (Å²) in [5.41, 5.74) is 0.176. The van der Waals surface area contributed by atoms with E-state index in [4.69, 9.17) is 11.6 Å². The molecular formula is C13H22ClN5. The molecular weight excluding hydrogens is 262 g/mol. The van der Waals surface area contributed by atoms with Crippen molar-refractivity contribution < 1.29 is 0 Å². The second-order valence-electron chi connectivity index (χ2n) is 5.50. The zero-order valence-electron chi connectivity index (χ0n) is 11.9. The number of likely N-dealkylation sites (tertiary alicyclic amines) is 1. The summed E-state index contributed by atoms with van der Waals surface area (Å²) >= 11 is 5.79. The van der Waals surface area contributed by atoms with E-state index in [0.717, 1.165) is 32.5 Å². The van der Waals surface area contributed by atoms with E-state index in [1.54, 1.807) is 12.4 Å². The molecule has 5 nitrogen and oxygen atoms in total. The topological polar surface area (TPSA) is 44.3 Å². The van der Waals surface area contributed by atoms with Gasteiger partial charge in [0.2, 0.25) is 5.95 Å². The van der Waals surface area contributed by atoms with E-state index < -0.39 is 0 Å². The maximum atomic E-state index is 5.79. The minimum absolute atomic E-state index is 0.176. The molecule has 0 radical (unpaired) electrons. The highest BCUT2D eigenvalue weighted by atomic mass is 35.5. The first kappa shape index (κ1) is 14.5. The maximum absolute atomic E-state index is 5.79. The van der Waals surface area contributed by atoms with Crippen LogP contribution in [0.4, 0.5) is 5.95 Å². The van der Waals surface area contributed by atoms with Gasteiger partial charge in [-0.25, -0.2) is 9.97 Å². The van der Waals surface area contributed by atoms with Crippen LogP contribution in [0.25, 0.3) is 0 Å². The number of nitrogens with zero attached hydrogens (tertiary/aromatic N) is 4. The average Bonchev–Trinajstić information content (AvgIpc) is 2.40. The lowest BCUT2D eigenvalue weighted by atomic mass is 9.86. The Balaban J connectivity index is 1.99. The van der Waals surface area contributed by atoms with Crippen LogP contribution >= 0.6 is 11.6 Å². The average molecular weight is 284 g/mol. The highest BCUT2D eigenvalue weighted by Crippen LogP contribution is 2.26. The summed E-state index contributed by atoms with van der Waals surface area (Å²) in [4.78, 5) is 13.1. The van der Waals surface area contributed by atoms with Crippen molar-refractivity contribution in [1.82, 2.24) is 19.8 Å². The molecule has 106 valence electrons. The molecule has 19 heavy (non-hydrogen) atoms. The summed E-state index contributed by atoms with van der Waals surface area (Å²) in [5, 5.41) is 3.90. The number of anilines is 1. The van der Waals surface area contributed by atoms with Crippen molar-refractivity contribution in [2.24, 2.45) is 0 Å². The molecule has 6 heteroatoms. The fourth-order valence-electron chi connectivity index (χ4n) is 2.46. The van der Waals surface area contributed by atoms with Crippen LogP contribution in [0.5, 0.6) is 0 Å². The Hall–Kier alpha value is -0.910. The molecule has 0 amide bonds. The molecule has 0 atom stereocenters. The number of rotatable bonds is 4. The minimum atomic E-state index is 0.176. The van der Waals surface area contributed by atoms with Gasteiger partial charge in [0.1, 0.15) is 0 Å². The Bertz CT molecular complexity index is 398. The van der Waals surface area contributed by atoms with Crippen LogP contribution < -0.4 is 5.32 Å². The Morgan fingerprint density at radius 3 is 2.42 bits per heavy atom. The highest BCUT2D eigenvalue weighted by Gasteiger charge is 2.35. The van der Waals surface area contributed by atoms with Crippen LogP contribution in [0.3, 0.4) is 0 Å². The first-order valence-electron chi connectivity index (χ1n) is 6.59. The second-order valence-corrected chi connectivity index (χ2v) is 5.94. The van der Waals surface area contributed by atoms with Gasteiger partial charge in [-0.05, 0) is 47.1 Å². The lowest BCUT2D eigenvalue weighted by molar-refractivity contribution is 0.0772. The van der Waals surface area contributed by atoms with Crippen LogP contribution in [0.15, 0.2) is 12.4 Å². The Labute approximate surface area is 120 Å². The molecule has 0 aromatic carbocycles. The van der Waals surface area contributed by atoms with Gasteiger partial charge in [0.15, 0.2) is 0 Å². The van der Waals surface area contributed by atoms with Crippen molar-refractivity contribution in [2.45, 2.75) is 18.4 Å². The van der Waals surface area contributed by atoms with Gasteiger partial charge >= 0.3 is 0 Å². The lowest BCUT2D eigenvalue weighted by Crippen LogP contribution is -2.55. The van der Waals surface area contributed by atoms with Gasteiger partial charge in [-0.1, -0.05) is 11.6 Å². The number of aromatic nitrogens is 2. The first-order chi connectivity index (χ1) is 9.02. The number of nitrogens with one attached hydrogen (secondary N) is 1. The molecule has 1 aliphatic heterocycles. The van der Waals surface area contributed by atoms with Gasteiger partial charge in [-0.2, -0.15) is 0 Å². The molecule has 2 rings (SSSR count). The van der Waals surface area contributed by atoms with E-state index in [1.807, 2.05) is 0 Å². The van der Waals surface area contributed by atoms with Crippen LogP contribution in [0, 0.1) is 0 Å². The van der Waals surface area contributed by atoms with Crippen molar-refractivity contribution in [2.75, 3.05) is 46.1 Å². The van der Waals surface area contributed by atoms with Crippen LogP contribution in [-0.2, 0) is 0 Å². The van der Waals surface area contributed by atoms with Crippen LogP contribution in [-0.4, -0.2) is 66.1 Å². The minimum Gasteiger partial charge on any atom is -0.352 e. The van der Waals surface area contributed by atoms with E-state index in [2.05, 4.69) is 46.2 Å². The molecule has 0 aliphatic carbocycles. The number of halogens is 1. The first-order valence-corrected chi connectivity index (χ1v) is 6.97. The summed E-state index contributed by atoms with van der Waals surface area (Å²) in [6.45, 7) is 3.11. The van der Waals surface area contributed by atoms with Crippen LogP contribution in [0.1, 0.15) is 12.8 Å². The summed E-state index contributed by atoms with van der Waals surface area (Å²) in [7, 11) is 6.47. The third kappa shape index (κ3) is 3.55. The number of likely N-dealkylation sites (N-methyl/N-ethyl adjacent to an activating group) is 1. The Morgan fingerprint density at radius 2 is 1.89 bits per heavy atom. The van der Waals surface area contributed by atoms with E-state index in [9.17, 15) is 0 Å². The molecule has 0 spiro atoms. The Kier molecular flexibility index (Phi) is 4.60. The lowest BCUT2D eigenvalue weighted by Gasteiger charge is -2.45. The van der Waals surface area contributed by atoms with Crippen molar-refractivity contribution in [1.29, 1.82) is 0 Å². The molecule has 1 N–H and O–H groups in total. The van der Waals surface area contributed by atoms with Gasteiger partial charge in [-0.3, -0.25) is 0 Å². The molecule has 1 aromatic rings. The Morgan fingerprint density at radius 1 is 1.32 bits per heavy atom. The SMILES string of the molecule is CN1CCC(CNc2ncc(Cl)cn2)(N(C)C)CC1. The quantitative estimate of drug-likeness (QED) is 0.909. The monoisotopic (exact) mass is 283 g/mol. The van der Waals surface area contributed by atoms with Crippen molar-refractivity contribution >= 4 is 17.5 Å². The van der Waals surface area contributed by atoms with Gasteiger partial charge in [0.05, 0.1) is 17.4 Å². The third-order valence-electron chi connectivity index (χ3n) is 4.06. The molecule has 0 saturated carbocycles. The fourth-order valence-corrected chi connectivity index (χ4v) is 2.56. The molecule has 1 fully saturated rings. The zero-order valence-corrected chi connectivity index (χ0v) is 12.6. The van der Waals surface area contributed by atoms with Gasteiger partial charge in [0, 0.05) is 12.1 Å². The zero-order chi connectivity index (χ0) is 13.9. The molecule has 0 bridgehead atoms. The second kappa shape index (κ2) is 6.03. The van der Waals surface area contributed by atoms with Gasteiger partial charge < -0.3 is 15.1 Å². The smallest absolute Gasteiger partial charge is 0.222 e. The summed E-state index contributed by atoms with van der Waals surface area (Å²) < 4.78 is 0. The van der Waals surface area contributed by atoms with E-state index in [-0.39, 0.29) is 5.54 Å². The molecule has 2 heterocycles. The van der Waals surface area contributed by atoms with E-state index in [0.29, 0.717) is 11.0 Å². The van der Waals surface area contributed by atoms with Crippen LogP contribution in [0.2, 0.25) is 5.02 Å². The van der Waals surface area contributed by atoms with Crippen molar-refractivity contribution in [3.63, 3.8) is 0 Å². The van der Waals surface area contributed by atoms with Crippen molar-refractivity contribution in [3.8, 4) is 0 Å². The summed E-state index contributed by atoms with van der Waals surface area (Å²) in [6.07, 6.45) is 5.54. The normalized spacial score (nSPS) is 19.6. The number of hydrogen-bond donors (Lipinski definition) is 1. The fraction of sp³-hybridized carbons (Fsp3) is 0.692. The summed E-state index contributed by atoms with van der Waals surface area (Å²) in [5.74, 6) is 0.643. The number of piperidine rings is 1. The molecule has 1 saturated heterocycles. The van der Waals surface area contributed by atoms with Crippen molar-refractivity contribution in [3.05, 3.63) is 17.4 Å². The maximum Gasteiger partial charge on any atom is 0.222 e. The molecule has 1 aliphatic rings.